The second-order valence-corrected chi connectivity index (χ2v) is 8.58. The van der Waals surface area contributed by atoms with Gasteiger partial charge in [-0.1, -0.05) is 50.2 Å². The minimum absolute atomic E-state index is 0.439. The van der Waals surface area contributed by atoms with E-state index in [4.69, 9.17) is 9.97 Å². The topological polar surface area (TPSA) is 66.0 Å². The molecule has 4 rings (SSSR count). The van der Waals surface area contributed by atoms with E-state index >= 15 is 0 Å². The number of aromatic nitrogens is 3. The van der Waals surface area contributed by atoms with E-state index in [9.17, 15) is 0 Å². The third kappa shape index (κ3) is 5.66. The smallest absolute Gasteiger partial charge is 0.236 e. The van der Waals surface area contributed by atoms with Crippen molar-refractivity contribution in [2.75, 3.05) is 22.6 Å². The van der Waals surface area contributed by atoms with Crippen LogP contribution in [0.5, 0.6) is 0 Å². The van der Waals surface area contributed by atoms with Crippen LogP contribution in [0.15, 0.2) is 72.8 Å². The predicted molar refractivity (Wildman–Crippen MR) is 137 cm³/mol. The van der Waals surface area contributed by atoms with E-state index in [1.807, 2.05) is 36.2 Å². The van der Waals surface area contributed by atoms with E-state index in [1.54, 1.807) is 0 Å². The molecule has 3 aromatic carbocycles. The molecule has 0 spiro atoms. The molecule has 6 heteroatoms. The van der Waals surface area contributed by atoms with Gasteiger partial charge in [-0.2, -0.15) is 15.0 Å². The number of rotatable bonds is 7. The van der Waals surface area contributed by atoms with Gasteiger partial charge in [0.15, 0.2) is 0 Å². The molecular formula is C27H30N6. The van der Waals surface area contributed by atoms with Crippen molar-refractivity contribution < 1.29 is 0 Å². The summed E-state index contributed by atoms with van der Waals surface area (Å²) < 4.78 is 0. The average Bonchev–Trinajstić information content (AvgIpc) is 2.78. The van der Waals surface area contributed by atoms with Gasteiger partial charge in [0, 0.05) is 24.1 Å². The fourth-order valence-electron chi connectivity index (χ4n) is 3.54. The molecule has 0 atom stereocenters. The van der Waals surface area contributed by atoms with Gasteiger partial charge in [0.05, 0.1) is 0 Å². The summed E-state index contributed by atoms with van der Waals surface area (Å²) in [5, 5.41) is 6.66. The van der Waals surface area contributed by atoms with Crippen molar-refractivity contribution in [3.63, 3.8) is 0 Å². The Balaban J connectivity index is 1.72. The van der Waals surface area contributed by atoms with Gasteiger partial charge in [-0.25, -0.2) is 0 Å². The molecule has 168 valence electrons. The fraction of sp³-hybridized carbons (Fsp3) is 0.222. The Morgan fingerprint density at radius 3 is 1.76 bits per heavy atom. The summed E-state index contributed by atoms with van der Waals surface area (Å²) in [6, 6.07) is 24.7. The Bertz CT molecular complexity index is 1190. The zero-order chi connectivity index (χ0) is 23.4. The summed E-state index contributed by atoms with van der Waals surface area (Å²) in [5.41, 5.74) is 6.47. The summed E-state index contributed by atoms with van der Waals surface area (Å²) >= 11 is 0. The molecule has 0 saturated carbocycles. The third-order valence-electron chi connectivity index (χ3n) is 5.40. The lowest BCUT2D eigenvalue weighted by molar-refractivity contribution is 0.865. The number of nitrogens with one attached hydrogen (secondary N) is 2. The van der Waals surface area contributed by atoms with Crippen LogP contribution < -0.4 is 15.5 Å². The molecule has 4 aromatic rings. The molecular weight excluding hydrogens is 408 g/mol. The SMILES string of the molecule is Cc1cccc(Nc2nc(Nc3cccc(C)c3)nc(N(C)c3cccc(C(C)C)c3)n2)c1. The Labute approximate surface area is 195 Å². The van der Waals surface area contributed by atoms with Gasteiger partial charge in [0.2, 0.25) is 17.8 Å². The summed E-state index contributed by atoms with van der Waals surface area (Å²) in [5.74, 6) is 1.95. The molecule has 0 fully saturated rings. The van der Waals surface area contributed by atoms with Crippen LogP contribution in [0.1, 0.15) is 36.5 Å². The molecule has 0 aliphatic heterocycles. The monoisotopic (exact) mass is 438 g/mol. The van der Waals surface area contributed by atoms with Gasteiger partial charge in [-0.05, 0) is 72.9 Å². The predicted octanol–water partition coefficient (Wildman–Crippen LogP) is 6.87. The lowest BCUT2D eigenvalue weighted by Crippen LogP contribution is -2.16. The van der Waals surface area contributed by atoms with E-state index in [0.29, 0.717) is 23.8 Å². The molecule has 1 aromatic heterocycles. The van der Waals surface area contributed by atoms with Crippen LogP contribution in [-0.2, 0) is 0 Å². The van der Waals surface area contributed by atoms with Crippen LogP contribution in [0.4, 0.5) is 34.9 Å². The summed E-state index contributed by atoms with van der Waals surface area (Å²) in [6.45, 7) is 8.50. The van der Waals surface area contributed by atoms with Gasteiger partial charge in [-0.15, -0.1) is 0 Å². The van der Waals surface area contributed by atoms with Crippen LogP contribution >= 0.6 is 0 Å². The number of hydrogen-bond acceptors (Lipinski definition) is 6. The standard InChI is InChI=1S/C27H30N6/c1-18(2)21-11-8-14-24(17-21)33(5)27-31-25(28-22-12-6-9-19(3)15-22)30-26(32-27)29-23-13-7-10-20(4)16-23/h6-18H,1-5H3,(H2,28,29,30,31,32). The maximum atomic E-state index is 4.72. The lowest BCUT2D eigenvalue weighted by Gasteiger charge is -2.20. The van der Waals surface area contributed by atoms with Crippen LogP contribution in [0.3, 0.4) is 0 Å². The van der Waals surface area contributed by atoms with Crippen molar-refractivity contribution >= 4 is 34.9 Å². The molecule has 0 unspecified atom stereocenters. The number of hydrogen-bond donors (Lipinski definition) is 2. The minimum Gasteiger partial charge on any atom is -0.324 e. The molecule has 1 heterocycles. The highest BCUT2D eigenvalue weighted by molar-refractivity contribution is 5.64. The van der Waals surface area contributed by atoms with Gasteiger partial charge in [-0.3, -0.25) is 0 Å². The van der Waals surface area contributed by atoms with Crippen molar-refractivity contribution in [3.8, 4) is 0 Å². The van der Waals surface area contributed by atoms with Crippen molar-refractivity contribution in [1.29, 1.82) is 0 Å². The quantitative estimate of drug-likeness (QED) is 0.328. The van der Waals surface area contributed by atoms with Gasteiger partial charge >= 0.3 is 0 Å². The molecule has 0 bridgehead atoms. The first-order valence-electron chi connectivity index (χ1n) is 11.1. The highest BCUT2D eigenvalue weighted by atomic mass is 15.3. The van der Waals surface area contributed by atoms with Crippen LogP contribution in [0, 0.1) is 13.8 Å². The van der Waals surface area contributed by atoms with Crippen molar-refractivity contribution in [2.45, 2.75) is 33.6 Å². The van der Waals surface area contributed by atoms with Crippen molar-refractivity contribution in [3.05, 3.63) is 89.5 Å². The first kappa shape index (κ1) is 22.3. The van der Waals surface area contributed by atoms with Crippen LogP contribution in [0.2, 0.25) is 0 Å². The molecule has 0 saturated heterocycles. The Kier molecular flexibility index (Phi) is 6.54. The van der Waals surface area contributed by atoms with Crippen LogP contribution in [0.25, 0.3) is 0 Å². The second kappa shape index (κ2) is 9.69. The summed E-state index contributed by atoms with van der Waals surface area (Å²) in [7, 11) is 1.97. The first-order chi connectivity index (χ1) is 15.9. The molecule has 0 radical (unpaired) electrons. The number of aryl methyl sites for hydroxylation is 2. The Morgan fingerprint density at radius 1 is 0.697 bits per heavy atom. The maximum Gasteiger partial charge on any atom is 0.236 e. The van der Waals surface area contributed by atoms with Gasteiger partial charge in [0.1, 0.15) is 0 Å². The van der Waals surface area contributed by atoms with E-state index in [-0.39, 0.29) is 0 Å². The molecule has 33 heavy (non-hydrogen) atoms. The average molecular weight is 439 g/mol. The maximum absolute atomic E-state index is 4.72. The second-order valence-electron chi connectivity index (χ2n) is 8.58. The molecule has 2 N–H and O–H groups in total. The zero-order valence-electron chi connectivity index (χ0n) is 19.8. The fourth-order valence-corrected chi connectivity index (χ4v) is 3.54. The molecule has 6 nitrogen and oxygen atoms in total. The molecule has 0 aliphatic rings. The Morgan fingerprint density at radius 2 is 1.24 bits per heavy atom. The van der Waals surface area contributed by atoms with Crippen molar-refractivity contribution in [1.82, 2.24) is 15.0 Å². The van der Waals surface area contributed by atoms with Crippen LogP contribution in [-0.4, -0.2) is 22.0 Å². The summed E-state index contributed by atoms with van der Waals surface area (Å²) in [6.07, 6.45) is 0. The lowest BCUT2D eigenvalue weighted by atomic mass is 10.0. The van der Waals surface area contributed by atoms with E-state index < -0.39 is 0 Å². The highest BCUT2D eigenvalue weighted by Crippen LogP contribution is 2.27. The molecule has 0 aliphatic carbocycles. The number of nitrogens with zero attached hydrogens (tertiary/aromatic N) is 4. The number of benzene rings is 3. The normalized spacial score (nSPS) is 10.8. The van der Waals surface area contributed by atoms with Crippen molar-refractivity contribution in [2.24, 2.45) is 0 Å². The number of anilines is 6. The minimum atomic E-state index is 0.439. The summed E-state index contributed by atoms with van der Waals surface area (Å²) in [4.78, 5) is 16.1. The zero-order valence-corrected chi connectivity index (χ0v) is 19.8. The highest BCUT2D eigenvalue weighted by Gasteiger charge is 2.14. The van der Waals surface area contributed by atoms with Gasteiger partial charge < -0.3 is 15.5 Å². The third-order valence-corrected chi connectivity index (χ3v) is 5.40. The molecule has 0 amide bonds. The van der Waals surface area contributed by atoms with E-state index in [0.717, 1.165) is 28.2 Å². The van der Waals surface area contributed by atoms with E-state index in [1.165, 1.54) is 5.56 Å². The Hall–Kier alpha value is -3.93. The van der Waals surface area contributed by atoms with E-state index in [2.05, 4.69) is 91.8 Å². The first-order valence-corrected chi connectivity index (χ1v) is 11.1. The largest absolute Gasteiger partial charge is 0.324 e. The van der Waals surface area contributed by atoms with Gasteiger partial charge in [0.25, 0.3) is 0 Å².